The molecule has 1 atom stereocenters. The lowest BCUT2D eigenvalue weighted by Crippen LogP contribution is -2.02. The number of halogens is 2. The fourth-order valence-electron chi connectivity index (χ4n) is 1.30. The molecule has 0 aliphatic rings. The average Bonchev–Trinajstić information content (AvgIpc) is 2.20. The second kappa shape index (κ2) is 5.66. The monoisotopic (exact) mass is 298 g/mol. The van der Waals surface area contributed by atoms with Crippen LogP contribution in [0.15, 0.2) is 22.7 Å². The van der Waals surface area contributed by atoms with Crippen molar-refractivity contribution in [3.05, 3.63) is 34.1 Å². The topological polar surface area (TPSA) is 20.2 Å². The van der Waals surface area contributed by atoms with Gasteiger partial charge in [0.15, 0.2) is 0 Å². The maximum absolute atomic E-state index is 13.7. The minimum Gasteiger partial charge on any atom is -0.387 e. The number of hydrogen-bond donors (Lipinski definition) is 1. The number of aliphatic hydroxyl groups is 1. The van der Waals surface area contributed by atoms with Crippen LogP contribution >= 0.6 is 15.9 Å². The van der Waals surface area contributed by atoms with Gasteiger partial charge >= 0.3 is 0 Å². The fourth-order valence-corrected chi connectivity index (χ4v) is 1.68. The summed E-state index contributed by atoms with van der Waals surface area (Å²) in [6, 6.07) is 4.87. The van der Waals surface area contributed by atoms with Gasteiger partial charge in [0.1, 0.15) is 5.82 Å². The Labute approximate surface area is 110 Å². The van der Waals surface area contributed by atoms with E-state index in [4.69, 9.17) is 0 Å². The first-order chi connectivity index (χ1) is 7.81. The molecule has 1 nitrogen and oxygen atoms in total. The van der Waals surface area contributed by atoms with Crippen molar-refractivity contribution in [3.63, 3.8) is 0 Å². The summed E-state index contributed by atoms with van der Waals surface area (Å²) in [4.78, 5) is 0. The summed E-state index contributed by atoms with van der Waals surface area (Å²) in [5.74, 6) is 5.48. The standard InChI is InChI=1S/C14H16BrFO/c1-14(2,3)9-5-8-12(17)10-6-4-7-11(15)13(10)16/h4,6-7,12,17H,8H2,1-3H3. The van der Waals surface area contributed by atoms with Crippen LogP contribution in [0.25, 0.3) is 0 Å². The molecule has 92 valence electrons. The van der Waals surface area contributed by atoms with Gasteiger partial charge < -0.3 is 5.11 Å². The Morgan fingerprint density at radius 3 is 2.65 bits per heavy atom. The lowest BCUT2D eigenvalue weighted by atomic mass is 9.97. The SMILES string of the molecule is CC(C)(C)C#CCC(O)c1cccc(Br)c1F. The van der Waals surface area contributed by atoms with Crippen molar-refractivity contribution in [1.29, 1.82) is 0 Å². The Morgan fingerprint density at radius 2 is 2.06 bits per heavy atom. The average molecular weight is 299 g/mol. The third kappa shape index (κ3) is 4.49. The molecule has 0 heterocycles. The van der Waals surface area contributed by atoms with E-state index in [9.17, 15) is 9.50 Å². The Kier molecular flexibility index (Phi) is 4.73. The van der Waals surface area contributed by atoms with Crippen molar-refractivity contribution in [3.8, 4) is 11.8 Å². The van der Waals surface area contributed by atoms with Gasteiger partial charge in [0, 0.05) is 17.4 Å². The van der Waals surface area contributed by atoms with Crippen molar-refractivity contribution in [2.24, 2.45) is 5.41 Å². The minimum atomic E-state index is -0.887. The van der Waals surface area contributed by atoms with Gasteiger partial charge in [0.05, 0.1) is 10.6 Å². The quantitative estimate of drug-likeness (QED) is 0.816. The van der Waals surface area contributed by atoms with Crippen molar-refractivity contribution >= 4 is 15.9 Å². The molecule has 1 N–H and O–H groups in total. The van der Waals surface area contributed by atoms with Crippen molar-refractivity contribution < 1.29 is 9.50 Å². The highest BCUT2D eigenvalue weighted by molar-refractivity contribution is 9.10. The Morgan fingerprint density at radius 1 is 1.41 bits per heavy atom. The summed E-state index contributed by atoms with van der Waals surface area (Å²) >= 11 is 3.09. The summed E-state index contributed by atoms with van der Waals surface area (Å²) in [6.45, 7) is 5.98. The van der Waals surface area contributed by atoms with Crippen molar-refractivity contribution in [2.75, 3.05) is 0 Å². The van der Waals surface area contributed by atoms with Crippen LogP contribution in [0.3, 0.4) is 0 Å². The van der Waals surface area contributed by atoms with Crippen LogP contribution in [0, 0.1) is 23.1 Å². The van der Waals surface area contributed by atoms with E-state index in [-0.39, 0.29) is 17.4 Å². The molecule has 0 aliphatic heterocycles. The zero-order valence-corrected chi connectivity index (χ0v) is 11.8. The summed E-state index contributed by atoms with van der Waals surface area (Å²) < 4.78 is 14.0. The molecule has 1 rings (SSSR count). The van der Waals surface area contributed by atoms with E-state index in [2.05, 4.69) is 27.8 Å². The van der Waals surface area contributed by atoms with Gasteiger partial charge in [0.2, 0.25) is 0 Å². The van der Waals surface area contributed by atoms with Gasteiger partial charge in [-0.05, 0) is 42.8 Å². The molecule has 1 unspecified atom stereocenters. The first-order valence-corrected chi connectivity index (χ1v) is 6.22. The Hall–Kier alpha value is -0.850. The predicted octanol–water partition coefficient (Wildman–Crippen LogP) is 4.06. The van der Waals surface area contributed by atoms with Gasteiger partial charge in [-0.25, -0.2) is 4.39 Å². The summed E-state index contributed by atoms with van der Waals surface area (Å²) in [7, 11) is 0. The van der Waals surface area contributed by atoms with E-state index < -0.39 is 11.9 Å². The van der Waals surface area contributed by atoms with Crippen LogP contribution in [0.4, 0.5) is 4.39 Å². The molecule has 0 aromatic heterocycles. The predicted molar refractivity (Wildman–Crippen MR) is 70.9 cm³/mol. The first kappa shape index (κ1) is 14.2. The second-order valence-electron chi connectivity index (χ2n) is 4.91. The van der Waals surface area contributed by atoms with E-state index in [1.807, 2.05) is 20.8 Å². The molecule has 1 aromatic rings. The van der Waals surface area contributed by atoms with Crippen LogP contribution < -0.4 is 0 Å². The maximum Gasteiger partial charge on any atom is 0.143 e. The van der Waals surface area contributed by atoms with Gasteiger partial charge in [0.25, 0.3) is 0 Å². The molecule has 0 saturated carbocycles. The molecule has 0 saturated heterocycles. The van der Waals surface area contributed by atoms with Crippen LogP contribution in [-0.2, 0) is 0 Å². The molecule has 0 aliphatic carbocycles. The number of hydrogen-bond acceptors (Lipinski definition) is 1. The summed E-state index contributed by atoms with van der Waals surface area (Å²) in [5.41, 5.74) is 0.179. The molecule has 0 amide bonds. The fraction of sp³-hybridized carbons (Fsp3) is 0.429. The number of rotatable bonds is 2. The zero-order chi connectivity index (χ0) is 13.1. The second-order valence-corrected chi connectivity index (χ2v) is 5.77. The third-order valence-electron chi connectivity index (χ3n) is 2.10. The van der Waals surface area contributed by atoms with E-state index >= 15 is 0 Å². The van der Waals surface area contributed by atoms with E-state index in [0.29, 0.717) is 4.47 Å². The van der Waals surface area contributed by atoms with Crippen LogP contribution in [0.5, 0.6) is 0 Å². The van der Waals surface area contributed by atoms with Crippen LogP contribution in [-0.4, -0.2) is 5.11 Å². The molecular weight excluding hydrogens is 283 g/mol. The molecule has 0 spiro atoms. The smallest absolute Gasteiger partial charge is 0.143 e. The summed E-state index contributed by atoms with van der Waals surface area (Å²) in [6.07, 6.45) is -0.646. The molecular formula is C14H16BrFO. The molecule has 0 bridgehead atoms. The number of aliphatic hydroxyl groups excluding tert-OH is 1. The highest BCUT2D eigenvalue weighted by Gasteiger charge is 2.13. The molecule has 0 fully saturated rings. The molecule has 0 radical (unpaired) electrons. The Bertz CT molecular complexity index is 452. The van der Waals surface area contributed by atoms with Gasteiger partial charge in [-0.3, -0.25) is 0 Å². The normalized spacial score (nSPS) is 12.8. The summed E-state index contributed by atoms with van der Waals surface area (Å²) in [5, 5.41) is 9.86. The minimum absolute atomic E-state index is 0.102. The molecule has 3 heteroatoms. The third-order valence-corrected chi connectivity index (χ3v) is 2.71. The van der Waals surface area contributed by atoms with Crippen LogP contribution in [0.1, 0.15) is 38.9 Å². The maximum atomic E-state index is 13.7. The molecule has 1 aromatic carbocycles. The van der Waals surface area contributed by atoms with Gasteiger partial charge in [-0.15, -0.1) is 0 Å². The van der Waals surface area contributed by atoms with Gasteiger partial charge in [-0.2, -0.15) is 0 Å². The zero-order valence-electron chi connectivity index (χ0n) is 10.2. The van der Waals surface area contributed by atoms with Gasteiger partial charge in [-0.1, -0.05) is 24.0 Å². The highest BCUT2D eigenvalue weighted by atomic mass is 79.9. The van der Waals surface area contributed by atoms with Crippen molar-refractivity contribution in [1.82, 2.24) is 0 Å². The highest BCUT2D eigenvalue weighted by Crippen LogP contribution is 2.25. The first-order valence-electron chi connectivity index (χ1n) is 5.43. The van der Waals surface area contributed by atoms with E-state index in [0.717, 1.165) is 0 Å². The van der Waals surface area contributed by atoms with Crippen molar-refractivity contribution in [2.45, 2.75) is 33.3 Å². The van der Waals surface area contributed by atoms with E-state index in [1.54, 1.807) is 18.2 Å². The largest absolute Gasteiger partial charge is 0.387 e. The molecule has 17 heavy (non-hydrogen) atoms. The Balaban J connectivity index is 2.80. The lowest BCUT2D eigenvalue weighted by molar-refractivity contribution is 0.179. The van der Waals surface area contributed by atoms with Crippen LogP contribution in [0.2, 0.25) is 0 Å². The van der Waals surface area contributed by atoms with E-state index in [1.165, 1.54) is 0 Å². The lowest BCUT2D eigenvalue weighted by Gasteiger charge is -2.11. The number of benzene rings is 1.